The van der Waals surface area contributed by atoms with Crippen molar-refractivity contribution in [3.05, 3.63) is 47.5 Å². The van der Waals surface area contributed by atoms with Gasteiger partial charge in [-0.25, -0.2) is 0 Å². The van der Waals surface area contributed by atoms with Crippen LogP contribution in [0.2, 0.25) is 0 Å². The maximum Gasteiger partial charge on any atom is 0.186 e. The molecule has 2 aliphatic heterocycles. The van der Waals surface area contributed by atoms with Crippen LogP contribution in [0.15, 0.2) is 36.4 Å². The molecule has 186 valence electrons. The summed E-state index contributed by atoms with van der Waals surface area (Å²) in [6.07, 6.45) is -5.23. The van der Waals surface area contributed by atoms with Gasteiger partial charge in [-0.1, -0.05) is 12.1 Å². The van der Waals surface area contributed by atoms with Crippen LogP contribution in [0.3, 0.4) is 0 Å². The highest BCUT2D eigenvalue weighted by Crippen LogP contribution is 2.42. The molecule has 1 fully saturated rings. The Balaban J connectivity index is 1.57. The summed E-state index contributed by atoms with van der Waals surface area (Å²) in [6.45, 7) is -0.167. The molecule has 34 heavy (non-hydrogen) atoms. The number of ether oxygens (including phenoxy) is 5. The van der Waals surface area contributed by atoms with Crippen LogP contribution in [0.4, 0.5) is 0 Å². The van der Waals surface area contributed by atoms with Crippen molar-refractivity contribution in [2.24, 2.45) is 0 Å². The summed E-state index contributed by atoms with van der Waals surface area (Å²) in [6, 6.07) is 10.4. The van der Waals surface area contributed by atoms with Gasteiger partial charge in [0.15, 0.2) is 41.5 Å². The van der Waals surface area contributed by atoms with E-state index in [1.807, 2.05) is 12.1 Å². The molecule has 10 heteroatoms. The normalized spacial score (nSPS) is 28.5. The molecule has 0 spiro atoms. The molecule has 0 amide bonds. The van der Waals surface area contributed by atoms with Gasteiger partial charge in [-0.15, -0.1) is 0 Å². The largest absolute Gasteiger partial charge is 0.504 e. The highest BCUT2D eigenvalue weighted by molar-refractivity contribution is 5.47. The zero-order valence-corrected chi connectivity index (χ0v) is 18.7. The Kier molecular flexibility index (Phi) is 7.77. The first-order valence-electron chi connectivity index (χ1n) is 11.1. The number of aromatic hydroxyl groups is 1. The molecular weight excluding hydrogens is 448 g/mol. The molecule has 0 bridgehead atoms. The van der Waals surface area contributed by atoms with Gasteiger partial charge in [0.25, 0.3) is 0 Å². The minimum Gasteiger partial charge on any atom is -0.504 e. The number of hydrogen-bond acceptors (Lipinski definition) is 10. The summed E-state index contributed by atoms with van der Waals surface area (Å²) >= 11 is 0. The molecule has 0 unspecified atom stereocenters. The summed E-state index contributed by atoms with van der Waals surface area (Å²) in [4.78, 5) is 0. The molecule has 2 aromatic rings. The van der Waals surface area contributed by atoms with Crippen molar-refractivity contribution >= 4 is 0 Å². The van der Waals surface area contributed by atoms with Crippen LogP contribution in [-0.2, 0) is 15.9 Å². The van der Waals surface area contributed by atoms with Crippen LogP contribution in [-0.4, -0.2) is 83.2 Å². The van der Waals surface area contributed by atoms with E-state index in [0.717, 1.165) is 5.56 Å². The molecule has 2 aromatic carbocycles. The number of hydrogen-bond donors (Lipinski definition) is 5. The van der Waals surface area contributed by atoms with E-state index < -0.39 is 36.8 Å². The Labute approximate surface area is 196 Å². The molecule has 4 rings (SSSR count). The third kappa shape index (κ3) is 5.22. The molecule has 0 saturated carbocycles. The summed E-state index contributed by atoms with van der Waals surface area (Å²) < 4.78 is 28.8. The van der Waals surface area contributed by atoms with E-state index in [4.69, 9.17) is 28.8 Å². The molecule has 2 heterocycles. The number of aryl methyl sites for hydroxylation is 1. The van der Waals surface area contributed by atoms with Crippen LogP contribution in [0.25, 0.3) is 0 Å². The number of aliphatic hydroxyl groups excluding tert-OH is 4. The number of methoxy groups -OCH3 is 1. The van der Waals surface area contributed by atoms with Crippen molar-refractivity contribution in [2.45, 2.75) is 49.7 Å². The van der Waals surface area contributed by atoms with E-state index in [0.29, 0.717) is 29.9 Å². The molecule has 6 atom stereocenters. The summed E-state index contributed by atoms with van der Waals surface area (Å²) in [5.41, 5.74) is 1.64. The average Bonchev–Trinajstić information content (AvgIpc) is 2.85. The molecule has 0 radical (unpaired) electrons. The smallest absolute Gasteiger partial charge is 0.186 e. The van der Waals surface area contributed by atoms with Crippen molar-refractivity contribution in [1.82, 2.24) is 0 Å². The van der Waals surface area contributed by atoms with Crippen molar-refractivity contribution in [2.75, 3.05) is 26.9 Å². The van der Waals surface area contributed by atoms with E-state index in [1.54, 1.807) is 18.2 Å². The zero-order chi connectivity index (χ0) is 24.2. The van der Waals surface area contributed by atoms with Gasteiger partial charge >= 0.3 is 0 Å². The summed E-state index contributed by atoms with van der Waals surface area (Å²) in [5.74, 6) is 1.28. The fourth-order valence-electron chi connectivity index (χ4n) is 4.01. The van der Waals surface area contributed by atoms with Gasteiger partial charge in [-0.2, -0.15) is 0 Å². The van der Waals surface area contributed by atoms with Gasteiger partial charge < -0.3 is 49.2 Å². The molecule has 5 N–H and O–H groups in total. The van der Waals surface area contributed by atoms with E-state index in [-0.39, 0.29) is 31.3 Å². The predicted octanol–water partition coefficient (Wildman–Crippen LogP) is 0.662. The molecule has 2 aliphatic rings. The van der Waals surface area contributed by atoms with Crippen molar-refractivity contribution < 1.29 is 49.2 Å². The van der Waals surface area contributed by atoms with Gasteiger partial charge in [-0.05, 0) is 42.7 Å². The molecule has 0 aliphatic carbocycles. The number of aliphatic hydroxyl groups is 4. The number of phenols is 1. The molecular formula is C24H30O10. The minimum absolute atomic E-state index is 0.0176. The fourth-order valence-corrected chi connectivity index (χ4v) is 4.01. The number of benzene rings is 2. The maximum absolute atomic E-state index is 10.2. The van der Waals surface area contributed by atoms with Gasteiger partial charge in [0, 0.05) is 12.2 Å². The van der Waals surface area contributed by atoms with Crippen LogP contribution in [0, 0.1) is 0 Å². The van der Waals surface area contributed by atoms with E-state index in [9.17, 15) is 20.4 Å². The molecule has 0 aromatic heterocycles. The Hall–Kier alpha value is -2.60. The first-order chi connectivity index (χ1) is 16.4. The lowest BCUT2D eigenvalue weighted by molar-refractivity contribution is -0.276. The summed E-state index contributed by atoms with van der Waals surface area (Å²) in [7, 11) is 1.45. The van der Waals surface area contributed by atoms with Crippen LogP contribution >= 0.6 is 0 Å². The quantitative estimate of drug-likeness (QED) is 0.367. The van der Waals surface area contributed by atoms with E-state index in [1.165, 1.54) is 13.2 Å². The van der Waals surface area contributed by atoms with Gasteiger partial charge in [-0.3, -0.25) is 0 Å². The highest BCUT2D eigenvalue weighted by atomic mass is 16.7. The number of fused-ring (bicyclic) bond motifs is 1. The fraction of sp³-hybridized carbons (Fsp3) is 0.500. The number of phenolic OH excluding ortho intramolecular Hbond substituents is 1. The SMILES string of the molecule is COc1cc([C@H]2Oc3ccc(CCCO)cc3O[C@@H]2CO[C@@H]2OC[C@@H](O)[C@H](O)[C@H]2O)ccc1O. The summed E-state index contributed by atoms with van der Waals surface area (Å²) in [5, 5.41) is 48.9. The second-order valence-electron chi connectivity index (χ2n) is 8.32. The first-order valence-corrected chi connectivity index (χ1v) is 11.1. The standard InChI is InChI=1S/C24H30O10/c1-30-18-10-14(5-6-15(18)26)23-20(12-32-24-22(29)21(28)16(27)11-31-24)33-19-9-13(3-2-8-25)4-7-17(19)34-23/h4-7,9-10,16,20-29H,2-3,8,11-12H2,1H3/t16-,20-,21+,22-,23-,24+/m1/s1. The van der Waals surface area contributed by atoms with Crippen molar-refractivity contribution in [1.29, 1.82) is 0 Å². The van der Waals surface area contributed by atoms with Gasteiger partial charge in [0.2, 0.25) is 0 Å². The lowest BCUT2D eigenvalue weighted by Gasteiger charge is -2.38. The van der Waals surface area contributed by atoms with E-state index >= 15 is 0 Å². The second-order valence-corrected chi connectivity index (χ2v) is 8.32. The number of rotatable bonds is 8. The minimum atomic E-state index is -1.43. The van der Waals surface area contributed by atoms with Crippen LogP contribution < -0.4 is 14.2 Å². The molecule has 1 saturated heterocycles. The Morgan fingerprint density at radius 2 is 1.82 bits per heavy atom. The lowest BCUT2D eigenvalue weighted by atomic mass is 10.0. The highest BCUT2D eigenvalue weighted by Gasteiger charge is 2.40. The Morgan fingerprint density at radius 1 is 1.00 bits per heavy atom. The zero-order valence-electron chi connectivity index (χ0n) is 18.7. The predicted molar refractivity (Wildman–Crippen MR) is 118 cm³/mol. The van der Waals surface area contributed by atoms with Gasteiger partial charge in [0.1, 0.15) is 18.3 Å². The van der Waals surface area contributed by atoms with Crippen LogP contribution in [0.1, 0.15) is 23.7 Å². The van der Waals surface area contributed by atoms with Gasteiger partial charge in [0.05, 0.1) is 20.3 Å². The monoisotopic (exact) mass is 478 g/mol. The first kappa shape index (κ1) is 24.5. The Bertz CT molecular complexity index is 967. The van der Waals surface area contributed by atoms with Crippen molar-refractivity contribution in [3.63, 3.8) is 0 Å². The topological polar surface area (TPSA) is 147 Å². The maximum atomic E-state index is 10.2. The van der Waals surface area contributed by atoms with E-state index in [2.05, 4.69) is 0 Å². The third-order valence-corrected chi connectivity index (χ3v) is 5.91. The Morgan fingerprint density at radius 3 is 2.59 bits per heavy atom. The second kappa shape index (κ2) is 10.8. The average molecular weight is 478 g/mol. The van der Waals surface area contributed by atoms with Crippen molar-refractivity contribution in [3.8, 4) is 23.0 Å². The van der Waals surface area contributed by atoms with Crippen LogP contribution in [0.5, 0.6) is 23.0 Å². The lowest BCUT2D eigenvalue weighted by Crippen LogP contribution is -2.54. The third-order valence-electron chi connectivity index (χ3n) is 5.91. The molecule has 10 nitrogen and oxygen atoms in total.